The molecule has 1 aromatic carbocycles. The summed E-state index contributed by atoms with van der Waals surface area (Å²) in [6.07, 6.45) is -0.952. The molecule has 1 atom stereocenters. The van der Waals surface area contributed by atoms with E-state index in [1.807, 2.05) is 6.92 Å². The third kappa shape index (κ3) is 3.15. The van der Waals surface area contributed by atoms with E-state index in [2.05, 4.69) is 0 Å². The largest absolute Gasteiger partial charge is 0.297 e. The molecule has 0 saturated carbocycles. The summed E-state index contributed by atoms with van der Waals surface area (Å²) in [7, 11) is -3.84. The third-order valence-corrected chi connectivity index (χ3v) is 3.54. The maximum absolute atomic E-state index is 11.7. The van der Waals surface area contributed by atoms with Crippen molar-refractivity contribution < 1.29 is 17.4 Å². The first-order chi connectivity index (χ1) is 7.33. The summed E-state index contributed by atoms with van der Waals surface area (Å²) in [6, 6.07) is 6.26. The molecule has 0 N–H and O–H groups in total. The zero-order valence-corrected chi connectivity index (χ0v) is 10.2. The van der Waals surface area contributed by atoms with Crippen molar-refractivity contribution in [1.29, 1.82) is 0 Å². The van der Waals surface area contributed by atoms with Crippen LogP contribution in [0, 0.1) is 6.92 Å². The highest BCUT2D eigenvalue weighted by Gasteiger charge is 2.21. The highest BCUT2D eigenvalue weighted by Crippen LogP contribution is 2.15. The van der Waals surface area contributed by atoms with Gasteiger partial charge in [-0.05, 0) is 32.9 Å². The molecule has 1 aromatic rings. The van der Waals surface area contributed by atoms with Gasteiger partial charge in [0.1, 0.15) is 6.10 Å². The molecule has 0 saturated heterocycles. The molecule has 0 aromatic heterocycles. The Balaban J connectivity index is 2.94. The van der Waals surface area contributed by atoms with Gasteiger partial charge in [-0.3, -0.25) is 8.98 Å². The van der Waals surface area contributed by atoms with E-state index in [1.54, 1.807) is 12.1 Å². The van der Waals surface area contributed by atoms with Crippen molar-refractivity contribution in [3.8, 4) is 0 Å². The lowest BCUT2D eigenvalue weighted by Crippen LogP contribution is -2.22. The van der Waals surface area contributed by atoms with E-state index in [1.165, 1.54) is 26.0 Å². The molecule has 0 fully saturated rings. The maximum atomic E-state index is 11.7. The van der Waals surface area contributed by atoms with Crippen LogP contribution in [0.2, 0.25) is 0 Å². The quantitative estimate of drug-likeness (QED) is 0.754. The molecule has 1 unspecified atom stereocenters. The van der Waals surface area contributed by atoms with Crippen molar-refractivity contribution in [2.75, 3.05) is 0 Å². The summed E-state index contributed by atoms with van der Waals surface area (Å²) >= 11 is 0. The van der Waals surface area contributed by atoms with E-state index < -0.39 is 16.2 Å². The first-order valence-corrected chi connectivity index (χ1v) is 6.24. The lowest BCUT2D eigenvalue weighted by Gasteiger charge is -2.09. The molecule has 5 heteroatoms. The smallest absolute Gasteiger partial charge is 0.297 e. The van der Waals surface area contributed by atoms with E-state index in [-0.39, 0.29) is 10.7 Å². The van der Waals surface area contributed by atoms with Crippen LogP contribution in [0.25, 0.3) is 0 Å². The van der Waals surface area contributed by atoms with E-state index >= 15 is 0 Å². The molecule has 0 aliphatic rings. The number of ketones is 1. The van der Waals surface area contributed by atoms with Crippen LogP contribution in [0.15, 0.2) is 29.2 Å². The second-order valence-corrected chi connectivity index (χ2v) is 5.19. The van der Waals surface area contributed by atoms with Gasteiger partial charge in [-0.15, -0.1) is 0 Å². The van der Waals surface area contributed by atoms with Crippen LogP contribution in [0.5, 0.6) is 0 Å². The Bertz CT molecular complexity index is 473. The summed E-state index contributed by atoms with van der Waals surface area (Å²) in [6.45, 7) is 4.55. The van der Waals surface area contributed by atoms with E-state index in [0.29, 0.717) is 0 Å². The zero-order valence-electron chi connectivity index (χ0n) is 9.43. The number of benzene rings is 1. The number of hydrogen-bond acceptors (Lipinski definition) is 4. The number of rotatable bonds is 4. The molecule has 0 bridgehead atoms. The van der Waals surface area contributed by atoms with Crippen molar-refractivity contribution in [2.24, 2.45) is 0 Å². The monoisotopic (exact) mass is 242 g/mol. The molecular formula is C11H14O4S. The van der Waals surface area contributed by atoms with Gasteiger partial charge >= 0.3 is 0 Å². The average molecular weight is 242 g/mol. The van der Waals surface area contributed by atoms with Gasteiger partial charge in [0.25, 0.3) is 10.1 Å². The van der Waals surface area contributed by atoms with Crippen LogP contribution in [0.3, 0.4) is 0 Å². The SMILES string of the molecule is CC(=O)C(C)OS(=O)(=O)c1ccc(C)cc1. The van der Waals surface area contributed by atoms with Crippen molar-refractivity contribution in [2.45, 2.75) is 31.8 Å². The molecule has 0 radical (unpaired) electrons. The highest BCUT2D eigenvalue weighted by atomic mass is 32.2. The Morgan fingerprint density at radius 3 is 2.19 bits per heavy atom. The molecule has 1 rings (SSSR count). The first kappa shape index (κ1) is 12.9. The lowest BCUT2D eigenvalue weighted by molar-refractivity contribution is -0.122. The predicted molar refractivity (Wildman–Crippen MR) is 59.6 cm³/mol. The molecule has 0 aliphatic heterocycles. The Morgan fingerprint density at radius 1 is 1.25 bits per heavy atom. The summed E-state index contributed by atoms with van der Waals surface area (Å²) in [5.41, 5.74) is 0.957. The van der Waals surface area contributed by atoms with Crippen molar-refractivity contribution in [3.05, 3.63) is 29.8 Å². The fourth-order valence-electron chi connectivity index (χ4n) is 1.02. The molecule has 0 amide bonds. The Labute approximate surface area is 95.4 Å². The second-order valence-electron chi connectivity index (χ2n) is 3.62. The van der Waals surface area contributed by atoms with Crippen LogP contribution in [-0.4, -0.2) is 20.3 Å². The normalized spacial score (nSPS) is 13.4. The summed E-state index contributed by atoms with van der Waals surface area (Å²) in [4.78, 5) is 11.0. The predicted octanol–water partition coefficient (Wildman–Crippen LogP) is 1.68. The molecular weight excluding hydrogens is 228 g/mol. The summed E-state index contributed by atoms with van der Waals surface area (Å²) in [5, 5.41) is 0. The zero-order chi connectivity index (χ0) is 12.3. The summed E-state index contributed by atoms with van der Waals surface area (Å²) < 4.78 is 28.1. The van der Waals surface area contributed by atoms with Gasteiger partial charge in [0.15, 0.2) is 5.78 Å². The van der Waals surface area contributed by atoms with Gasteiger partial charge in [0.2, 0.25) is 0 Å². The van der Waals surface area contributed by atoms with Gasteiger partial charge in [0.05, 0.1) is 4.90 Å². The van der Waals surface area contributed by atoms with Crippen LogP contribution < -0.4 is 0 Å². The van der Waals surface area contributed by atoms with Gasteiger partial charge in [-0.25, -0.2) is 0 Å². The summed E-state index contributed by atoms with van der Waals surface area (Å²) in [5.74, 6) is -0.323. The highest BCUT2D eigenvalue weighted by molar-refractivity contribution is 7.86. The van der Waals surface area contributed by atoms with Crippen LogP contribution in [-0.2, 0) is 19.1 Å². The lowest BCUT2D eigenvalue weighted by atomic mass is 10.2. The van der Waals surface area contributed by atoms with E-state index in [4.69, 9.17) is 4.18 Å². The maximum Gasteiger partial charge on any atom is 0.297 e. The fourth-order valence-corrected chi connectivity index (χ4v) is 2.11. The molecule has 4 nitrogen and oxygen atoms in total. The minimum absolute atomic E-state index is 0.0613. The number of hydrogen-bond donors (Lipinski definition) is 0. The fraction of sp³-hybridized carbons (Fsp3) is 0.364. The van der Waals surface area contributed by atoms with Crippen LogP contribution in [0.4, 0.5) is 0 Å². The van der Waals surface area contributed by atoms with E-state index in [9.17, 15) is 13.2 Å². The van der Waals surface area contributed by atoms with Gasteiger partial charge < -0.3 is 0 Å². The minimum atomic E-state index is -3.84. The van der Waals surface area contributed by atoms with Crippen LogP contribution in [0.1, 0.15) is 19.4 Å². The average Bonchev–Trinajstić information content (AvgIpc) is 2.17. The third-order valence-electron chi connectivity index (χ3n) is 2.15. The number of carbonyl (C=O) groups excluding carboxylic acids is 1. The van der Waals surface area contributed by atoms with Gasteiger partial charge in [-0.1, -0.05) is 17.7 Å². The molecule has 0 heterocycles. The Kier molecular flexibility index (Phi) is 3.83. The topological polar surface area (TPSA) is 60.4 Å². The minimum Gasteiger partial charge on any atom is -0.297 e. The van der Waals surface area contributed by atoms with E-state index in [0.717, 1.165) is 5.56 Å². The van der Waals surface area contributed by atoms with Gasteiger partial charge in [-0.2, -0.15) is 8.42 Å². The number of carbonyl (C=O) groups is 1. The standard InChI is InChI=1S/C11H14O4S/c1-8-4-6-11(7-5-8)16(13,14)15-10(3)9(2)12/h4-7,10H,1-3H3. The second kappa shape index (κ2) is 4.76. The number of Topliss-reactive ketones (excluding diaryl/α,β-unsaturated/α-hetero) is 1. The first-order valence-electron chi connectivity index (χ1n) is 4.83. The Morgan fingerprint density at radius 2 is 1.75 bits per heavy atom. The Hall–Kier alpha value is -1.20. The van der Waals surface area contributed by atoms with Gasteiger partial charge in [0, 0.05) is 0 Å². The number of aryl methyl sites for hydroxylation is 1. The van der Waals surface area contributed by atoms with Crippen molar-refractivity contribution in [1.82, 2.24) is 0 Å². The molecule has 0 aliphatic carbocycles. The van der Waals surface area contributed by atoms with Crippen LogP contribution >= 0.6 is 0 Å². The molecule has 0 spiro atoms. The molecule has 88 valence electrons. The van der Waals surface area contributed by atoms with Crippen molar-refractivity contribution in [3.63, 3.8) is 0 Å². The van der Waals surface area contributed by atoms with Crippen molar-refractivity contribution >= 4 is 15.9 Å². The molecule has 16 heavy (non-hydrogen) atoms.